The van der Waals surface area contributed by atoms with Crippen molar-refractivity contribution in [3.8, 4) is 0 Å². The fraction of sp³-hybridized carbons (Fsp3) is 0.533. The van der Waals surface area contributed by atoms with Crippen molar-refractivity contribution in [1.82, 2.24) is 9.62 Å². The second-order valence-corrected chi connectivity index (χ2v) is 8.56. The minimum Gasteiger partial charge on any atom is -0.355 e. The lowest BCUT2D eigenvalue weighted by Gasteiger charge is -2.31. The number of nitrogens with zero attached hydrogens (tertiary/aromatic N) is 1. The number of sulfonamides is 1. The van der Waals surface area contributed by atoms with Gasteiger partial charge >= 0.3 is 0 Å². The summed E-state index contributed by atoms with van der Waals surface area (Å²) in [5.41, 5.74) is 5.94. The molecule has 2 rings (SSSR count). The van der Waals surface area contributed by atoms with E-state index >= 15 is 0 Å². The number of nitrogens with one attached hydrogen (secondary N) is 1. The molecule has 1 saturated heterocycles. The SMILES string of the molecule is Cl.NCCNC(=O)C1CCCN(S(=O)(=O)Cc2ccc(Cl)c(Cl)c2)C1. The number of hydrogen-bond donors (Lipinski definition) is 2. The minimum absolute atomic E-state index is 0. The smallest absolute Gasteiger partial charge is 0.224 e. The maximum atomic E-state index is 12.6. The largest absolute Gasteiger partial charge is 0.355 e. The summed E-state index contributed by atoms with van der Waals surface area (Å²) in [7, 11) is -3.53. The Kier molecular flexibility index (Phi) is 8.94. The summed E-state index contributed by atoms with van der Waals surface area (Å²) < 4.78 is 26.6. The standard InChI is InChI=1S/C15H21Cl2N3O3S.ClH/c16-13-4-3-11(8-14(13)17)10-24(22,23)20-7-1-2-12(9-20)15(21)19-6-5-18;/h3-4,8,12H,1-2,5-7,9-10,18H2,(H,19,21);1H. The first kappa shape index (κ1) is 22.5. The second kappa shape index (κ2) is 9.94. The topological polar surface area (TPSA) is 92.5 Å². The lowest BCUT2D eigenvalue weighted by molar-refractivity contribution is -0.126. The second-order valence-electron chi connectivity index (χ2n) is 5.78. The van der Waals surface area contributed by atoms with Crippen LogP contribution in [0.3, 0.4) is 0 Å². The number of nitrogens with two attached hydrogens (primary N) is 1. The summed E-state index contributed by atoms with van der Waals surface area (Å²) in [4.78, 5) is 12.0. The first-order valence-corrected chi connectivity index (χ1v) is 10.1. The van der Waals surface area contributed by atoms with Gasteiger partial charge in [-0.3, -0.25) is 4.79 Å². The monoisotopic (exact) mass is 429 g/mol. The Hall–Kier alpha value is -0.570. The molecule has 1 aliphatic rings. The third-order valence-corrected chi connectivity index (χ3v) is 6.48. The molecule has 0 bridgehead atoms. The summed E-state index contributed by atoms with van der Waals surface area (Å²) in [6, 6.07) is 4.77. The molecule has 0 saturated carbocycles. The lowest BCUT2D eigenvalue weighted by atomic mass is 9.99. The van der Waals surface area contributed by atoms with Crippen molar-refractivity contribution in [1.29, 1.82) is 0 Å². The first-order valence-electron chi connectivity index (χ1n) is 7.73. The third kappa shape index (κ3) is 6.27. The van der Waals surface area contributed by atoms with Crippen molar-refractivity contribution in [2.24, 2.45) is 11.7 Å². The molecule has 1 aromatic carbocycles. The van der Waals surface area contributed by atoms with Crippen LogP contribution in [-0.4, -0.2) is 44.8 Å². The average Bonchev–Trinajstić information content (AvgIpc) is 2.56. The molecule has 142 valence electrons. The van der Waals surface area contributed by atoms with Gasteiger partial charge in [0.1, 0.15) is 0 Å². The molecule has 1 aromatic rings. The van der Waals surface area contributed by atoms with Gasteiger partial charge in [0.25, 0.3) is 0 Å². The van der Waals surface area contributed by atoms with E-state index in [1.165, 1.54) is 4.31 Å². The molecule has 10 heteroatoms. The highest BCUT2D eigenvalue weighted by Gasteiger charge is 2.32. The van der Waals surface area contributed by atoms with Crippen molar-refractivity contribution in [3.63, 3.8) is 0 Å². The highest BCUT2D eigenvalue weighted by molar-refractivity contribution is 7.88. The molecule has 1 atom stereocenters. The summed E-state index contributed by atoms with van der Waals surface area (Å²) >= 11 is 11.8. The van der Waals surface area contributed by atoms with E-state index in [4.69, 9.17) is 28.9 Å². The Balaban J connectivity index is 0.00000312. The Morgan fingerprint density at radius 2 is 2.04 bits per heavy atom. The minimum atomic E-state index is -3.53. The van der Waals surface area contributed by atoms with E-state index in [-0.39, 0.29) is 36.5 Å². The van der Waals surface area contributed by atoms with Crippen molar-refractivity contribution < 1.29 is 13.2 Å². The number of carbonyl (C=O) groups is 1. The van der Waals surface area contributed by atoms with E-state index in [9.17, 15) is 13.2 Å². The number of rotatable bonds is 6. The Labute approximate surface area is 164 Å². The molecule has 0 spiro atoms. The number of hydrogen-bond acceptors (Lipinski definition) is 4. The lowest BCUT2D eigenvalue weighted by Crippen LogP contribution is -2.46. The fourth-order valence-corrected chi connectivity index (χ4v) is 4.60. The van der Waals surface area contributed by atoms with Gasteiger partial charge < -0.3 is 11.1 Å². The maximum absolute atomic E-state index is 12.6. The van der Waals surface area contributed by atoms with Crippen LogP contribution in [-0.2, 0) is 20.6 Å². The van der Waals surface area contributed by atoms with Gasteiger partial charge in [-0.05, 0) is 30.5 Å². The van der Waals surface area contributed by atoms with E-state index in [0.29, 0.717) is 48.1 Å². The van der Waals surface area contributed by atoms with Crippen LogP contribution in [0.2, 0.25) is 10.0 Å². The first-order chi connectivity index (χ1) is 11.3. The molecular formula is C15H22Cl3N3O3S. The summed E-state index contributed by atoms with van der Waals surface area (Å²) in [6.45, 7) is 1.37. The number of carbonyl (C=O) groups excluding carboxylic acids is 1. The number of piperidine rings is 1. The number of amides is 1. The van der Waals surface area contributed by atoms with Crippen LogP contribution < -0.4 is 11.1 Å². The molecule has 1 heterocycles. The summed E-state index contributed by atoms with van der Waals surface area (Å²) in [6.07, 6.45) is 1.33. The zero-order valence-electron chi connectivity index (χ0n) is 13.6. The van der Waals surface area contributed by atoms with Gasteiger partial charge in [-0.25, -0.2) is 12.7 Å². The molecular weight excluding hydrogens is 409 g/mol. The highest BCUT2D eigenvalue weighted by atomic mass is 35.5. The molecule has 6 nitrogen and oxygen atoms in total. The molecule has 1 amide bonds. The van der Waals surface area contributed by atoms with E-state index in [0.717, 1.165) is 0 Å². The zero-order chi connectivity index (χ0) is 17.7. The van der Waals surface area contributed by atoms with Gasteiger partial charge in [-0.2, -0.15) is 0 Å². The average molecular weight is 431 g/mol. The van der Waals surface area contributed by atoms with E-state index in [2.05, 4.69) is 5.32 Å². The molecule has 0 aliphatic carbocycles. The van der Waals surface area contributed by atoms with Crippen molar-refractivity contribution in [2.75, 3.05) is 26.2 Å². The quantitative estimate of drug-likeness (QED) is 0.722. The van der Waals surface area contributed by atoms with Crippen molar-refractivity contribution in [2.45, 2.75) is 18.6 Å². The van der Waals surface area contributed by atoms with Gasteiger partial charge in [0, 0.05) is 26.2 Å². The number of benzene rings is 1. The van der Waals surface area contributed by atoms with Gasteiger partial charge in [0.2, 0.25) is 15.9 Å². The van der Waals surface area contributed by atoms with E-state index in [1.54, 1.807) is 18.2 Å². The Bertz CT molecular complexity index is 701. The van der Waals surface area contributed by atoms with Crippen molar-refractivity contribution in [3.05, 3.63) is 33.8 Å². The van der Waals surface area contributed by atoms with Gasteiger partial charge in [-0.1, -0.05) is 29.3 Å². The van der Waals surface area contributed by atoms with Crippen LogP contribution in [0.1, 0.15) is 18.4 Å². The Morgan fingerprint density at radius 3 is 2.68 bits per heavy atom. The van der Waals surface area contributed by atoms with Crippen LogP contribution in [0, 0.1) is 5.92 Å². The molecule has 3 N–H and O–H groups in total. The molecule has 25 heavy (non-hydrogen) atoms. The predicted molar refractivity (Wildman–Crippen MR) is 103 cm³/mol. The molecule has 1 unspecified atom stereocenters. The van der Waals surface area contributed by atoms with Gasteiger partial charge in [0.05, 0.1) is 21.7 Å². The van der Waals surface area contributed by atoms with Gasteiger partial charge in [0.15, 0.2) is 0 Å². The maximum Gasteiger partial charge on any atom is 0.224 e. The Morgan fingerprint density at radius 1 is 1.32 bits per heavy atom. The van der Waals surface area contributed by atoms with Crippen LogP contribution in [0.25, 0.3) is 0 Å². The molecule has 0 aromatic heterocycles. The van der Waals surface area contributed by atoms with Crippen LogP contribution in [0.5, 0.6) is 0 Å². The fourth-order valence-electron chi connectivity index (χ4n) is 2.68. The zero-order valence-corrected chi connectivity index (χ0v) is 16.7. The normalized spacial score (nSPS) is 18.4. The van der Waals surface area contributed by atoms with Crippen LogP contribution in [0.4, 0.5) is 0 Å². The highest BCUT2D eigenvalue weighted by Crippen LogP contribution is 2.26. The molecule has 1 aliphatic heterocycles. The van der Waals surface area contributed by atoms with E-state index in [1.807, 2.05) is 0 Å². The van der Waals surface area contributed by atoms with E-state index < -0.39 is 10.0 Å². The third-order valence-electron chi connectivity index (χ3n) is 3.92. The van der Waals surface area contributed by atoms with Crippen LogP contribution >= 0.6 is 35.6 Å². The predicted octanol–water partition coefficient (Wildman–Crippen LogP) is 2.03. The summed E-state index contributed by atoms with van der Waals surface area (Å²) in [5, 5.41) is 3.42. The van der Waals surface area contributed by atoms with Gasteiger partial charge in [-0.15, -0.1) is 12.4 Å². The summed E-state index contributed by atoms with van der Waals surface area (Å²) in [5.74, 6) is -0.648. The molecule has 0 radical (unpaired) electrons. The van der Waals surface area contributed by atoms with Crippen molar-refractivity contribution >= 4 is 51.5 Å². The van der Waals surface area contributed by atoms with Crippen LogP contribution in [0.15, 0.2) is 18.2 Å². The molecule has 1 fully saturated rings. The number of halogens is 3.